The van der Waals surface area contributed by atoms with Gasteiger partial charge in [0.2, 0.25) is 0 Å². The molecule has 49 heavy (non-hydrogen) atoms. The highest BCUT2D eigenvalue weighted by Crippen LogP contribution is 2.38. The van der Waals surface area contributed by atoms with Crippen LogP contribution in [0.15, 0.2) is 180 Å². The zero-order valence-corrected chi connectivity index (χ0v) is 25.6. The van der Waals surface area contributed by atoms with Crippen LogP contribution < -0.4 is 0 Å². The van der Waals surface area contributed by atoms with E-state index >= 15 is 0 Å². The zero-order chi connectivity index (χ0) is 42.1. The van der Waals surface area contributed by atoms with Crippen molar-refractivity contribution in [2.24, 2.45) is 0 Å². The Morgan fingerprint density at radius 3 is 1.51 bits per heavy atom. The Labute approximate surface area is 299 Å². The Kier molecular flexibility index (Phi) is 4.78. The van der Waals surface area contributed by atoms with E-state index in [0.717, 1.165) is 22.3 Å². The molecular formula is C45H29N3O. The van der Waals surface area contributed by atoms with Gasteiger partial charge in [-0.05, 0) is 57.6 Å². The molecule has 0 aliphatic rings. The van der Waals surface area contributed by atoms with E-state index in [2.05, 4.69) is 24.3 Å². The first kappa shape index (κ1) is 19.2. The summed E-state index contributed by atoms with van der Waals surface area (Å²) in [6, 6.07) is 28.3. The van der Waals surface area contributed by atoms with Crippen molar-refractivity contribution in [2.45, 2.75) is 0 Å². The summed E-state index contributed by atoms with van der Waals surface area (Å²) in [5, 5.41) is -0.352. The molecule has 0 aliphatic heterocycles. The van der Waals surface area contributed by atoms with Crippen LogP contribution in [0.25, 0.3) is 89.5 Å². The molecule has 2 heterocycles. The molecule has 0 amide bonds. The SMILES string of the molecule is [2H]c1c([2H])c([2H])c(-c2c([2H])c([2H])c([2H])c3oc4c([2H])c([2H])c(-c5nc(-c6ccccc6)nc(-c6ccc(-c7ccc(-c8ccccc8)cc7)cc6)n5)c([2H])c4c23)c([2H])c1[2H]. The summed E-state index contributed by atoms with van der Waals surface area (Å²) in [5.74, 6) is 0.310. The van der Waals surface area contributed by atoms with Crippen LogP contribution in [0.5, 0.6) is 0 Å². The van der Waals surface area contributed by atoms with Crippen LogP contribution in [0.2, 0.25) is 0 Å². The van der Waals surface area contributed by atoms with E-state index in [1.54, 1.807) is 12.1 Å². The predicted molar refractivity (Wildman–Crippen MR) is 200 cm³/mol. The summed E-state index contributed by atoms with van der Waals surface area (Å²) in [5.41, 5.74) is 3.72. The minimum atomic E-state index is -0.686. The fourth-order valence-corrected chi connectivity index (χ4v) is 5.76. The molecule has 7 aromatic carbocycles. The average molecular weight is 639 g/mol. The monoisotopic (exact) mass is 638 g/mol. The third-order valence-electron chi connectivity index (χ3n) is 8.18. The number of fused-ring (bicyclic) bond motifs is 3. The molecule has 0 unspecified atom stereocenters. The van der Waals surface area contributed by atoms with Gasteiger partial charge in [0.1, 0.15) is 11.2 Å². The number of aromatic nitrogens is 3. The second-order valence-corrected chi connectivity index (χ2v) is 11.2. The first-order valence-electron chi connectivity index (χ1n) is 21.0. The molecule has 0 N–H and O–H groups in total. The molecule has 0 bridgehead atoms. The molecule has 0 radical (unpaired) electrons. The maximum absolute atomic E-state index is 9.61. The van der Waals surface area contributed by atoms with Gasteiger partial charge in [-0.3, -0.25) is 0 Å². The van der Waals surface area contributed by atoms with Crippen molar-refractivity contribution in [2.75, 3.05) is 0 Å². The lowest BCUT2D eigenvalue weighted by atomic mass is 9.98. The Hall–Kier alpha value is -6.65. The molecule has 0 spiro atoms. The van der Waals surface area contributed by atoms with E-state index < -0.39 is 72.0 Å². The highest BCUT2D eigenvalue weighted by Gasteiger charge is 2.17. The van der Waals surface area contributed by atoms with Crippen molar-refractivity contribution in [1.82, 2.24) is 15.0 Å². The Morgan fingerprint density at radius 2 is 0.898 bits per heavy atom. The number of benzene rings is 7. The molecule has 230 valence electrons. The molecule has 4 nitrogen and oxygen atoms in total. The molecule has 0 aliphatic carbocycles. The third kappa shape index (κ3) is 5.45. The van der Waals surface area contributed by atoms with Crippen molar-refractivity contribution >= 4 is 21.9 Å². The van der Waals surface area contributed by atoms with E-state index in [4.69, 9.17) is 33.1 Å². The molecule has 2 aromatic heterocycles. The summed E-state index contributed by atoms with van der Waals surface area (Å²) in [4.78, 5) is 14.3. The van der Waals surface area contributed by atoms with Gasteiger partial charge in [0.05, 0.1) is 15.1 Å². The van der Waals surface area contributed by atoms with Crippen molar-refractivity contribution in [3.8, 4) is 67.5 Å². The second kappa shape index (κ2) is 12.2. The number of nitrogens with zero attached hydrogens (tertiary/aromatic N) is 3. The second-order valence-electron chi connectivity index (χ2n) is 11.2. The van der Waals surface area contributed by atoms with Gasteiger partial charge in [0.15, 0.2) is 17.5 Å². The number of rotatable bonds is 6. The van der Waals surface area contributed by atoms with Gasteiger partial charge < -0.3 is 4.42 Å². The van der Waals surface area contributed by atoms with E-state index in [9.17, 15) is 1.37 Å². The van der Waals surface area contributed by atoms with Gasteiger partial charge >= 0.3 is 0 Å². The van der Waals surface area contributed by atoms with Crippen molar-refractivity contribution in [3.63, 3.8) is 0 Å². The molecule has 4 heteroatoms. The first-order chi connectivity index (χ1) is 28.8. The zero-order valence-electron chi connectivity index (χ0n) is 36.6. The van der Waals surface area contributed by atoms with Gasteiger partial charge in [0, 0.05) is 27.5 Å². The van der Waals surface area contributed by atoms with Gasteiger partial charge in [-0.2, -0.15) is 0 Å². The predicted octanol–water partition coefficient (Wildman–Crippen LogP) is 11.8. The lowest BCUT2D eigenvalue weighted by Crippen LogP contribution is -2.00. The quantitative estimate of drug-likeness (QED) is 0.182. The summed E-state index contributed by atoms with van der Waals surface area (Å²) in [6.45, 7) is 0. The molecule has 0 saturated carbocycles. The maximum Gasteiger partial charge on any atom is 0.164 e. The van der Waals surface area contributed by atoms with E-state index in [1.807, 2.05) is 72.8 Å². The fourth-order valence-electron chi connectivity index (χ4n) is 5.76. The minimum absolute atomic E-state index is 0.127. The standard InChI is InChI=1S/C45H29N3O/c1-4-11-30(12-5-1)31-19-21-32(22-20-31)33-23-25-36(26-24-33)44-46-43(35-15-8-3-9-16-35)47-45(48-44)37-27-28-40-39(29-37)42-38(17-10-18-41(42)49-40)34-13-6-2-7-14-34/h1-29H/i2D,6D,7D,10D,13D,14D,17D,18D,27D,28D,29D. The maximum atomic E-state index is 9.61. The molecule has 0 saturated heterocycles. The summed E-state index contributed by atoms with van der Waals surface area (Å²) in [7, 11) is 0. The first-order valence-corrected chi connectivity index (χ1v) is 15.5. The molecule has 9 aromatic rings. The fraction of sp³-hybridized carbons (Fsp3) is 0. The largest absolute Gasteiger partial charge is 0.456 e. The number of hydrogen-bond donors (Lipinski definition) is 0. The van der Waals surface area contributed by atoms with Crippen LogP contribution in [-0.2, 0) is 0 Å². The minimum Gasteiger partial charge on any atom is -0.456 e. The van der Waals surface area contributed by atoms with Crippen molar-refractivity contribution in [3.05, 3.63) is 176 Å². The van der Waals surface area contributed by atoms with Gasteiger partial charge in [0.25, 0.3) is 0 Å². The summed E-state index contributed by atoms with van der Waals surface area (Å²) >= 11 is 0. The lowest BCUT2D eigenvalue weighted by molar-refractivity contribution is 0.669. The van der Waals surface area contributed by atoms with Crippen LogP contribution in [0, 0.1) is 0 Å². The average Bonchev–Trinajstić information content (AvgIpc) is 3.69. The number of hydrogen-bond acceptors (Lipinski definition) is 4. The summed E-state index contributed by atoms with van der Waals surface area (Å²) in [6.07, 6.45) is 0. The van der Waals surface area contributed by atoms with Crippen molar-refractivity contribution in [1.29, 1.82) is 0 Å². The summed E-state index contributed by atoms with van der Waals surface area (Å²) < 4.78 is 102. The van der Waals surface area contributed by atoms with E-state index in [0.29, 0.717) is 11.1 Å². The molecule has 0 fully saturated rings. The highest BCUT2D eigenvalue weighted by atomic mass is 16.3. The van der Waals surface area contributed by atoms with Gasteiger partial charge in [-0.25, -0.2) is 15.0 Å². The Bertz CT molecular complexity index is 3170. The van der Waals surface area contributed by atoms with Gasteiger partial charge in [-0.15, -0.1) is 0 Å². The van der Waals surface area contributed by atoms with E-state index in [1.165, 1.54) is 0 Å². The molecule has 9 rings (SSSR count). The number of furan rings is 1. The van der Waals surface area contributed by atoms with Crippen LogP contribution in [-0.4, -0.2) is 15.0 Å². The van der Waals surface area contributed by atoms with Gasteiger partial charge in [-0.1, -0.05) is 151 Å². The van der Waals surface area contributed by atoms with E-state index in [-0.39, 0.29) is 50.5 Å². The topological polar surface area (TPSA) is 51.8 Å². The third-order valence-corrected chi connectivity index (χ3v) is 8.18. The van der Waals surface area contributed by atoms with Crippen LogP contribution in [0.3, 0.4) is 0 Å². The Morgan fingerprint density at radius 1 is 0.388 bits per heavy atom. The smallest absolute Gasteiger partial charge is 0.164 e. The normalized spacial score (nSPS) is 14.4. The van der Waals surface area contributed by atoms with Crippen molar-refractivity contribution < 1.29 is 19.5 Å². The van der Waals surface area contributed by atoms with Crippen LogP contribution in [0.1, 0.15) is 15.1 Å². The van der Waals surface area contributed by atoms with Crippen LogP contribution >= 0.6 is 0 Å². The Balaban J connectivity index is 1.26. The van der Waals surface area contributed by atoms with Crippen LogP contribution in [0.4, 0.5) is 0 Å². The highest BCUT2D eigenvalue weighted by molar-refractivity contribution is 6.13. The molecule has 0 atom stereocenters. The molecular weight excluding hydrogens is 599 g/mol. The lowest BCUT2D eigenvalue weighted by Gasteiger charge is -2.10.